The first-order valence-electron chi connectivity index (χ1n) is 8.61. The highest BCUT2D eigenvalue weighted by Gasteiger charge is 2.28. The smallest absolute Gasteiger partial charge is 0.257 e. The van der Waals surface area contributed by atoms with E-state index in [0.717, 1.165) is 6.07 Å². The van der Waals surface area contributed by atoms with Crippen LogP contribution in [0.15, 0.2) is 53.4 Å². The zero-order valence-electron chi connectivity index (χ0n) is 14.9. The molecule has 0 bridgehead atoms. The van der Waals surface area contributed by atoms with Crippen LogP contribution in [0.4, 0.5) is 4.39 Å². The summed E-state index contributed by atoms with van der Waals surface area (Å²) in [6.07, 6.45) is 0.963. The molecular weight excluding hydrogens is 371 g/mol. The minimum Gasteiger partial charge on any atom is -0.496 e. The fraction of sp³-hybridized carbons (Fsp3) is 0.316. The molecule has 0 aliphatic carbocycles. The molecule has 1 aliphatic rings. The maximum absolute atomic E-state index is 13.5. The van der Waals surface area contributed by atoms with Gasteiger partial charge >= 0.3 is 0 Å². The summed E-state index contributed by atoms with van der Waals surface area (Å²) in [7, 11) is -2.16. The van der Waals surface area contributed by atoms with Gasteiger partial charge in [-0.05, 0) is 43.2 Å². The molecule has 1 fully saturated rings. The summed E-state index contributed by atoms with van der Waals surface area (Å²) in [4.78, 5) is 14.5. The van der Waals surface area contributed by atoms with Gasteiger partial charge in [-0.3, -0.25) is 4.79 Å². The number of piperidine rings is 1. The van der Waals surface area contributed by atoms with E-state index >= 15 is 0 Å². The summed E-state index contributed by atoms with van der Waals surface area (Å²) in [5.74, 6) is -0.520. The van der Waals surface area contributed by atoms with E-state index in [1.54, 1.807) is 23.1 Å². The number of ether oxygens (including phenoxy) is 1. The van der Waals surface area contributed by atoms with Gasteiger partial charge in [-0.15, -0.1) is 0 Å². The summed E-state index contributed by atoms with van der Waals surface area (Å²) in [6, 6.07) is 11.7. The highest BCUT2D eigenvalue weighted by Crippen LogP contribution is 2.23. The van der Waals surface area contributed by atoms with Crippen LogP contribution in [0.1, 0.15) is 23.2 Å². The Kier molecular flexibility index (Phi) is 5.76. The molecule has 6 nitrogen and oxygen atoms in total. The lowest BCUT2D eigenvalue weighted by atomic mass is 10.0. The molecule has 3 rings (SSSR count). The number of sulfonamides is 1. The Morgan fingerprint density at radius 1 is 1.15 bits per heavy atom. The molecule has 27 heavy (non-hydrogen) atoms. The van der Waals surface area contributed by atoms with E-state index in [1.165, 1.54) is 31.4 Å². The normalized spacial score (nSPS) is 15.6. The van der Waals surface area contributed by atoms with Crippen molar-refractivity contribution in [3.63, 3.8) is 0 Å². The maximum atomic E-state index is 13.5. The van der Waals surface area contributed by atoms with Gasteiger partial charge in [-0.2, -0.15) is 0 Å². The van der Waals surface area contributed by atoms with Crippen LogP contribution in [0.5, 0.6) is 5.75 Å². The quantitative estimate of drug-likeness (QED) is 0.848. The minimum atomic E-state index is -3.59. The number of rotatable bonds is 5. The van der Waals surface area contributed by atoms with E-state index in [0.29, 0.717) is 31.7 Å². The van der Waals surface area contributed by atoms with Crippen LogP contribution in [0.3, 0.4) is 0 Å². The molecule has 1 saturated heterocycles. The molecule has 1 amide bonds. The summed E-state index contributed by atoms with van der Waals surface area (Å²) in [6.45, 7) is 0.751. The van der Waals surface area contributed by atoms with Crippen LogP contribution in [0.2, 0.25) is 0 Å². The lowest BCUT2D eigenvalue weighted by Crippen LogP contribution is -2.46. The fourth-order valence-corrected chi connectivity index (χ4v) is 4.43. The second kappa shape index (κ2) is 8.06. The van der Waals surface area contributed by atoms with Gasteiger partial charge in [0.15, 0.2) is 0 Å². The van der Waals surface area contributed by atoms with Gasteiger partial charge in [0.05, 0.1) is 17.6 Å². The van der Waals surface area contributed by atoms with Crippen molar-refractivity contribution in [2.45, 2.75) is 23.8 Å². The fourth-order valence-electron chi connectivity index (χ4n) is 3.11. The Morgan fingerprint density at radius 2 is 1.81 bits per heavy atom. The van der Waals surface area contributed by atoms with Crippen molar-refractivity contribution >= 4 is 15.9 Å². The number of nitrogens with zero attached hydrogens (tertiary/aromatic N) is 1. The molecule has 8 heteroatoms. The van der Waals surface area contributed by atoms with Crippen LogP contribution in [-0.2, 0) is 10.0 Å². The van der Waals surface area contributed by atoms with E-state index in [-0.39, 0.29) is 22.4 Å². The molecule has 0 saturated carbocycles. The van der Waals surface area contributed by atoms with E-state index in [1.807, 2.05) is 0 Å². The highest BCUT2D eigenvalue weighted by atomic mass is 32.2. The number of methoxy groups -OCH3 is 1. The average molecular weight is 392 g/mol. The van der Waals surface area contributed by atoms with Crippen LogP contribution in [0.25, 0.3) is 0 Å². The maximum Gasteiger partial charge on any atom is 0.257 e. The Bertz CT molecular complexity index is 911. The van der Waals surface area contributed by atoms with Gasteiger partial charge in [0, 0.05) is 19.1 Å². The number of hydrogen-bond acceptors (Lipinski definition) is 4. The largest absolute Gasteiger partial charge is 0.496 e. The second-order valence-corrected chi connectivity index (χ2v) is 8.06. The predicted octanol–water partition coefficient (Wildman–Crippen LogP) is 2.42. The molecule has 0 radical (unpaired) electrons. The van der Waals surface area contributed by atoms with E-state index in [2.05, 4.69) is 4.72 Å². The monoisotopic (exact) mass is 392 g/mol. The summed E-state index contributed by atoms with van der Waals surface area (Å²) >= 11 is 0. The molecule has 144 valence electrons. The molecular formula is C19H21FN2O4S. The predicted molar refractivity (Wildman–Crippen MR) is 98.6 cm³/mol. The zero-order valence-corrected chi connectivity index (χ0v) is 15.7. The van der Waals surface area contributed by atoms with Gasteiger partial charge in [0.1, 0.15) is 11.6 Å². The van der Waals surface area contributed by atoms with Crippen molar-refractivity contribution in [2.24, 2.45) is 0 Å². The standard InChI is InChI=1S/C19H21FN2O4S/c1-26-18-8-7-14(20)13-17(18)19(23)22-11-9-15(10-12-22)21-27(24,25)16-5-3-2-4-6-16/h2-8,13,15,21H,9-12H2,1H3. The van der Waals surface area contributed by atoms with E-state index < -0.39 is 15.8 Å². The number of carbonyl (C=O) groups excluding carboxylic acids is 1. The first kappa shape index (κ1) is 19.3. The lowest BCUT2D eigenvalue weighted by molar-refractivity contribution is 0.0707. The number of likely N-dealkylation sites (tertiary alicyclic amines) is 1. The van der Waals surface area contributed by atoms with Crippen LogP contribution >= 0.6 is 0 Å². The van der Waals surface area contributed by atoms with Crippen molar-refractivity contribution in [3.8, 4) is 5.75 Å². The third kappa shape index (κ3) is 4.45. The Morgan fingerprint density at radius 3 is 2.44 bits per heavy atom. The van der Waals surface area contributed by atoms with E-state index in [9.17, 15) is 17.6 Å². The Balaban J connectivity index is 1.64. The van der Waals surface area contributed by atoms with Crippen LogP contribution < -0.4 is 9.46 Å². The molecule has 2 aromatic carbocycles. The number of carbonyl (C=O) groups is 1. The number of hydrogen-bond donors (Lipinski definition) is 1. The zero-order chi connectivity index (χ0) is 19.4. The molecule has 0 spiro atoms. The summed E-state index contributed by atoms with van der Waals surface area (Å²) in [5.41, 5.74) is 0.167. The third-order valence-electron chi connectivity index (χ3n) is 4.55. The summed E-state index contributed by atoms with van der Waals surface area (Å²) < 4.78 is 46.2. The van der Waals surface area contributed by atoms with Crippen molar-refractivity contribution in [2.75, 3.05) is 20.2 Å². The van der Waals surface area contributed by atoms with Gasteiger partial charge in [-0.1, -0.05) is 18.2 Å². The topological polar surface area (TPSA) is 75.7 Å². The van der Waals surface area contributed by atoms with Crippen molar-refractivity contribution in [1.82, 2.24) is 9.62 Å². The molecule has 1 heterocycles. The van der Waals surface area contributed by atoms with Crippen molar-refractivity contribution < 1.29 is 22.3 Å². The van der Waals surface area contributed by atoms with Gasteiger partial charge < -0.3 is 9.64 Å². The third-order valence-corrected chi connectivity index (χ3v) is 6.09. The van der Waals surface area contributed by atoms with Gasteiger partial charge in [-0.25, -0.2) is 17.5 Å². The molecule has 0 aromatic heterocycles. The molecule has 1 aliphatic heterocycles. The van der Waals surface area contributed by atoms with Crippen LogP contribution in [0, 0.1) is 5.82 Å². The SMILES string of the molecule is COc1ccc(F)cc1C(=O)N1CCC(NS(=O)(=O)c2ccccc2)CC1. The number of halogens is 1. The van der Waals surface area contributed by atoms with Crippen molar-refractivity contribution in [3.05, 3.63) is 59.9 Å². The van der Waals surface area contributed by atoms with Crippen LogP contribution in [-0.4, -0.2) is 45.5 Å². The summed E-state index contributed by atoms with van der Waals surface area (Å²) in [5, 5.41) is 0. The highest BCUT2D eigenvalue weighted by molar-refractivity contribution is 7.89. The molecule has 1 N–H and O–H groups in total. The Labute approximate surface area is 158 Å². The first-order chi connectivity index (χ1) is 12.9. The second-order valence-electron chi connectivity index (χ2n) is 6.35. The van der Waals surface area contributed by atoms with Gasteiger partial charge in [0.25, 0.3) is 5.91 Å². The molecule has 2 aromatic rings. The average Bonchev–Trinajstić information content (AvgIpc) is 2.68. The first-order valence-corrected chi connectivity index (χ1v) is 10.1. The van der Waals surface area contributed by atoms with E-state index in [4.69, 9.17) is 4.74 Å². The van der Waals surface area contributed by atoms with Crippen molar-refractivity contribution in [1.29, 1.82) is 0 Å². The Hall–Kier alpha value is -2.45. The minimum absolute atomic E-state index is 0.167. The molecule has 0 unspecified atom stereocenters. The molecule has 0 atom stereocenters. The lowest BCUT2D eigenvalue weighted by Gasteiger charge is -2.32. The van der Waals surface area contributed by atoms with Gasteiger partial charge in [0.2, 0.25) is 10.0 Å². The number of amides is 1. The number of nitrogens with one attached hydrogen (secondary N) is 1. The number of benzene rings is 2.